The van der Waals surface area contributed by atoms with Crippen molar-refractivity contribution in [3.05, 3.63) is 82.9 Å². The second-order valence-electron chi connectivity index (χ2n) is 20.3. The number of hydrogen-bond acceptors (Lipinski definition) is 12. The Hall–Kier alpha value is -6.58. The summed E-state index contributed by atoms with van der Waals surface area (Å²) in [6, 6.07) is 16.4. The van der Waals surface area contributed by atoms with E-state index < -0.39 is 52.3 Å². The number of methoxy groups -OCH3 is 2. The Morgan fingerprint density at radius 1 is 0.833 bits per heavy atom. The lowest BCUT2D eigenvalue weighted by Crippen LogP contribution is -2.58. The molecule has 4 aliphatic rings. The number of piperidine rings is 2. The van der Waals surface area contributed by atoms with Gasteiger partial charge < -0.3 is 29.2 Å². The number of hydrogen-bond donors (Lipinski definition) is 2. The second kappa shape index (κ2) is 23.8. The van der Waals surface area contributed by atoms with Crippen molar-refractivity contribution in [3.8, 4) is 23.0 Å². The molecule has 2 unspecified atom stereocenters. The minimum Gasteiger partial charge on any atom is -0.493 e. The Morgan fingerprint density at radius 2 is 1.57 bits per heavy atom. The van der Waals surface area contributed by atoms with E-state index in [0.29, 0.717) is 81.2 Å². The summed E-state index contributed by atoms with van der Waals surface area (Å²) in [5.41, 5.74) is 0.714. The maximum Gasteiger partial charge on any atom is 0.291 e. The Morgan fingerprint density at radius 3 is 2.31 bits per heavy atom. The van der Waals surface area contributed by atoms with Gasteiger partial charge in [0.1, 0.15) is 17.5 Å². The minimum absolute atomic E-state index is 0.0832. The number of aryl methyl sites for hydroxylation is 1. The van der Waals surface area contributed by atoms with Gasteiger partial charge in [0.05, 0.1) is 43.4 Å². The summed E-state index contributed by atoms with van der Waals surface area (Å²) >= 11 is 0. The van der Waals surface area contributed by atoms with Crippen LogP contribution in [0.25, 0.3) is 0 Å². The van der Waals surface area contributed by atoms with Crippen molar-refractivity contribution in [3.63, 3.8) is 0 Å². The molecule has 16 heteroatoms. The van der Waals surface area contributed by atoms with Gasteiger partial charge in [-0.15, -0.1) is 0 Å². The molecule has 3 heterocycles. The van der Waals surface area contributed by atoms with Gasteiger partial charge in [0, 0.05) is 24.9 Å². The highest BCUT2D eigenvalue weighted by molar-refractivity contribution is 6.38. The monoisotopic (exact) mass is 990 g/mol. The van der Waals surface area contributed by atoms with Crippen molar-refractivity contribution >= 4 is 47.0 Å². The summed E-state index contributed by atoms with van der Waals surface area (Å²) in [6.45, 7) is 6.45. The van der Waals surface area contributed by atoms with Gasteiger partial charge in [-0.05, 0) is 124 Å². The van der Waals surface area contributed by atoms with Gasteiger partial charge in [-0.25, -0.2) is 0 Å². The number of unbranched alkanes of at least 4 members (excludes halogenated alkanes) is 5. The van der Waals surface area contributed by atoms with Crippen molar-refractivity contribution in [2.24, 2.45) is 10.8 Å². The maximum absolute atomic E-state index is 14.3. The highest BCUT2D eigenvalue weighted by Crippen LogP contribution is 2.52. The van der Waals surface area contributed by atoms with Crippen LogP contribution in [0.5, 0.6) is 23.0 Å². The van der Waals surface area contributed by atoms with Crippen LogP contribution in [-0.4, -0.2) is 109 Å². The zero-order chi connectivity index (χ0) is 51.6. The molecular weight excluding hydrogens is 921 g/mol. The summed E-state index contributed by atoms with van der Waals surface area (Å²) < 4.78 is 22.9. The van der Waals surface area contributed by atoms with Crippen LogP contribution >= 0.6 is 0 Å². The summed E-state index contributed by atoms with van der Waals surface area (Å²) in [7, 11) is 3.17. The lowest BCUT2D eigenvalue weighted by molar-refractivity contribution is -0.153. The number of nitrogens with one attached hydrogen (secondary N) is 2. The third-order valence-electron chi connectivity index (χ3n) is 15.0. The molecule has 0 aromatic heterocycles. The normalized spacial score (nSPS) is 18.6. The van der Waals surface area contributed by atoms with Crippen LogP contribution in [0.4, 0.5) is 0 Å². The van der Waals surface area contributed by atoms with Crippen LogP contribution in [-0.2, 0) is 35.2 Å². The molecule has 1 saturated carbocycles. The van der Waals surface area contributed by atoms with Gasteiger partial charge in [-0.1, -0.05) is 70.7 Å². The topological polar surface area (TPSA) is 204 Å². The molecule has 16 nitrogen and oxygen atoms in total. The number of likely N-dealkylation sites (tertiary alicyclic amines) is 1. The van der Waals surface area contributed by atoms with E-state index >= 15 is 0 Å². The summed E-state index contributed by atoms with van der Waals surface area (Å²) in [4.78, 5) is 108. The van der Waals surface area contributed by atoms with E-state index in [9.17, 15) is 38.4 Å². The third-order valence-corrected chi connectivity index (χ3v) is 15.0. The van der Waals surface area contributed by atoms with Crippen LogP contribution < -0.4 is 29.6 Å². The number of fused-ring (bicyclic) bond motifs is 1. The highest BCUT2D eigenvalue weighted by atomic mass is 16.5. The molecule has 3 atom stereocenters. The van der Waals surface area contributed by atoms with E-state index in [1.54, 1.807) is 52.3 Å². The van der Waals surface area contributed by atoms with E-state index in [-0.39, 0.29) is 54.1 Å². The van der Waals surface area contributed by atoms with Crippen molar-refractivity contribution in [1.82, 2.24) is 20.4 Å². The van der Waals surface area contributed by atoms with Crippen molar-refractivity contribution in [1.29, 1.82) is 0 Å². The third kappa shape index (κ3) is 12.4. The van der Waals surface area contributed by atoms with E-state index in [2.05, 4.69) is 10.6 Å². The average molecular weight is 991 g/mol. The number of amides is 6. The zero-order valence-electron chi connectivity index (χ0n) is 42.4. The van der Waals surface area contributed by atoms with Crippen LogP contribution in [0.3, 0.4) is 0 Å². The number of imide groups is 2. The molecule has 7 rings (SSSR count). The van der Waals surface area contributed by atoms with Gasteiger partial charge >= 0.3 is 0 Å². The number of Topliss-reactive ketones (excluding diaryl/α,β-unsaturated/α-hetero) is 2. The molecule has 1 spiro atoms. The van der Waals surface area contributed by atoms with E-state index in [4.69, 9.17) is 18.9 Å². The number of rotatable bonds is 26. The van der Waals surface area contributed by atoms with Crippen molar-refractivity contribution in [2.75, 3.05) is 40.5 Å². The molecule has 72 heavy (non-hydrogen) atoms. The number of carbonyl (C=O) groups excluding carboxylic acids is 8. The first-order valence-corrected chi connectivity index (χ1v) is 25.7. The van der Waals surface area contributed by atoms with E-state index in [1.165, 1.54) is 4.90 Å². The maximum atomic E-state index is 14.3. The van der Waals surface area contributed by atoms with Gasteiger partial charge in [-0.2, -0.15) is 0 Å². The number of benzene rings is 3. The Balaban J connectivity index is 0.847. The van der Waals surface area contributed by atoms with Crippen LogP contribution in [0.15, 0.2) is 60.7 Å². The summed E-state index contributed by atoms with van der Waals surface area (Å²) in [6.07, 6.45) is 10.5. The molecule has 3 aromatic rings. The lowest BCUT2D eigenvalue weighted by Gasteiger charge is -2.36. The Kier molecular flexibility index (Phi) is 17.6. The number of carbonyl (C=O) groups is 8. The Bertz CT molecular complexity index is 2530. The average Bonchev–Trinajstić information content (AvgIpc) is 4.13. The molecule has 6 amide bonds. The fourth-order valence-corrected chi connectivity index (χ4v) is 9.98. The van der Waals surface area contributed by atoms with Gasteiger partial charge in [-0.3, -0.25) is 48.6 Å². The molecule has 3 fully saturated rings. The van der Waals surface area contributed by atoms with Crippen LogP contribution in [0.2, 0.25) is 0 Å². The van der Waals surface area contributed by atoms with Crippen LogP contribution in [0.1, 0.15) is 155 Å². The van der Waals surface area contributed by atoms with Crippen molar-refractivity contribution < 1.29 is 57.3 Å². The van der Waals surface area contributed by atoms with Gasteiger partial charge in [0.2, 0.25) is 17.6 Å². The summed E-state index contributed by atoms with van der Waals surface area (Å²) in [5, 5.41) is 5.30. The van der Waals surface area contributed by atoms with Crippen LogP contribution in [0, 0.1) is 10.8 Å². The zero-order valence-corrected chi connectivity index (χ0v) is 42.4. The quantitative estimate of drug-likeness (QED) is 0.0457. The molecule has 386 valence electrons. The molecule has 2 N–H and O–H groups in total. The Labute approximate surface area is 422 Å². The fraction of sp³-hybridized carbons (Fsp3) is 0.536. The molecule has 0 bridgehead atoms. The fourth-order valence-electron chi connectivity index (χ4n) is 9.98. The molecule has 3 aliphatic heterocycles. The first-order valence-electron chi connectivity index (χ1n) is 25.7. The number of nitrogens with zero attached hydrogens (tertiary/aromatic N) is 2. The molecule has 0 radical (unpaired) electrons. The predicted molar refractivity (Wildman–Crippen MR) is 267 cm³/mol. The van der Waals surface area contributed by atoms with Gasteiger partial charge in [0.25, 0.3) is 23.6 Å². The highest BCUT2D eigenvalue weighted by Gasteiger charge is 2.59. The standard InChI is InChI=1S/C56H70N4O12/c1-6-55(2,3)49(63)53(67)59-29-13-11-20-41(59)43(61)33-38(24-22-36-23-25-44(69-4)46(31-36)70-5)37-17-15-18-39(32-37)72-35-47(62)57-28-12-9-7-8-10-14-30-71-45-21-16-19-40-48(45)52(66)60(51(40)65)42-34-56(26-27-56)54(68)58-50(42)64/h15-19,21,23,25,31-32,38,41-42H,6-14,20,22,24,26-30,33-35H2,1-5H3,(H,57,62)(H,58,64,68)/t38-,41?,42?/m0/s1. The molecular formula is C56H70N4O12. The second-order valence-corrected chi connectivity index (χ2v) is 20.3. The summed E-state index contributed by atoms with van der Waals surface area (Å²) in [5.74, 6) is -1.72. The lowest BCUT2D eigenvalue weighted by atomic mass is 9.82. The largest absolute Gasteiger partial charge is 0.493 e. The smallest absolute Gasteiger partial charge is 0.291 e. The molecule has 3 aromatic carbocycles. The molecule has 1 aliphatic carbocycles. The van der Waals surface area contributed by atoms with Gasteiger partial charge in [0.15, 0.2) is 23.9 Å². The molecule has 2 saturated heterocycles. The van der Waals surface area contributed by atoms with E-state index in [0.717, 1.165) is 67.4 Å². The first-order chi connectivity index (χ1) is 34.6. The number of ether oxygens (including phenoxy) is 4. The number of ketones is 2. The SMILES string of the molecule is CCC(C)(C)C(=O)C(=O)N1CCCCC1C(=O)C[C@H](CCc1ccc(OC)c(OC)c1)c1cccc(OCC(=O)NCCCCCCCCOc2cccc3c2C(=O)N(C2CC4(CC4)C(=O)NC2=O)C3=O)c1. The minimum atomic E-state index is -1.03. The first kappa shape index (κ1) is 53.2. The van der Waals surface area contributed by atoms with Crippen molar-refractivity contribution in [2.45, 2.75) is 142 Å². The predicted octanol–water partition coefficient (Wildman–Crippen LogP) is 7.47. The van der Waals surface area contributed by atoms with E-state index in [1.807, 2.05) is 43.3 Å².